The molecule has 1 aromatic rings. The Hall–Kier alpha value is -5.91. The highest BCUT2D eigenvalue weighted by atomic mass is 16.8. The molecule has 2 rings (SSSR count). The minimum absolute atomic E-state index is 0.130. The Morgan fingerprint density at radius 1 is 0.950 bits per heavy atom. The summed E-state index contributed by atoms with van der Waals surface area (Å²) in [6.45, 7) is 9.25. The predicted octanol–water partition coefficient (Wildman–Crippen LogP) is 4.40. The maximum Gasteiger partial charge on any atom is 0.332 e. The third-order valence-electron chi connectivity index (χ3n) is 9.04. The van der Waals surface area contributed by atoms with Gasteiger partial charge in [0.1, 0.15) is 18.5 Å². The van der Waals surface area contributed by atoms with Gasteiger partial charge in [0.15, 0.2) is 19.2 Å². The summed E-state index contributed by atoms with van der Waals surface area (Å²) in [6, 6.07) is -1.24. The molecule has 0 saturated carbocycles. The molecule has 4 unspecified atom stereocenters. The number of allylic oxidation sites excluding steroid dienone is 11. The molecule has 3 amide bonds. The lowest BCUT2D eigenvalue weighted by Gasteiger charge is -2.39. The summed E-state index contributed by atoms with van der Waals surface area (Å²) >= 11 is 0. The molecule has 1 aliphatic rings. The van der Waals surface area contributed by atoms with Gasteiger partial charge >= 0.3 is 17.9 Å². The first-order valence-corrected chi connectivity index (χ1v) is 19.3. The second kappa shape index (κ2) is 25.5. The number of rotatable bonds is 22. The number of aromatic nitrogens is 1. The van der Waals surface area contributed by atoms with Crippen LogP contribution in [-0.4, -0.2) is 116 Å². The van der Waals surface area contributed by atoms with Gasteiger partial charge in [-0.15, -0.1) is 5.06 Å². The fraction of sp³-hybridized carbons (Fsp3) is 0.465. The molecule has 17 heteroatoms. The number of methoxy groups -OCH3 is 2. The largest absolute Gasteiger partial charge is 0.467 e. The molecule has 0 aliphatic carbocycles. The van der Waals surface area contributed by atoms with Crippen molar-refractivity contribution in [2.45, 2.75) is 84.8 Å². The number of nitrogens with one attached hydrogen (secondary N) is 1. The first kappa shape index (κ1) is 50.2. The van der Waals surface area contributed by atoms with E-state index in [2.05, 4.69) is 10.3 Å². The van der Waals surface area contributed by atoms with E-state index in [1.165, 1.54) is 39.6 Å². The number of esters is 2. The molecule has 0 spiro atoms. The molecule has 4 atom stereocenters. The number of hydroxylamine groups is 2. The van der Waals surface area contributed by atoms with E-state index in [4.69, 9.17) is 32.9 Å². The lowest BCUT2D eigenvalue weighted by molar-refractivity contribution is -0.260. The second-order valence-electron chi connectivity index (χ2n) is 13.8. The number of hydrogen-bond acceptors (Lipinski definition) is 14. The number of carbonyl (C=O) groups excluding carboxylic acids is 6. The van der Waals surface area contributed by atoms with Crippen LogP contribution >= 0.6 is 0 Å². The summed E-state index contributed by atoms with van der Waals surface area (Å²) in [6.07, 6.45) is 23.5. The van der Waals surface area contributed by atoms with Crippen LogP contribution in [0.15, 0.2) is 102 Å². The normalized spacial score (nSPS) is 17.8. The zero-order valence-corrected chi connectivity index (χ0v) is 35.8. The number of carbonyl (C=O) groups is 6. The fourth-order valence-electron chi connectivity index (χ4n) is 5.56. The molecule has 2 heterocycles. The zero-order valence-electron chi connectivity index (χ0n) is 35.8. The van der Waals surface area contributed by atoms with Crippen LogP contribution in [0.25, 0.3) is 0 Å². The molecular formula is C43H58N4O13. The first-order chi connectivity index (χ1) is 28.6. The van der Waals surface area contributed by atoms with E-state index in [-0.39, 0.29) is 25.3 Å². The SMILES string of the molecule is CCC(=O)OC(\C(C)=C/C=C\C=C\Cc1cnco1)C(C)(C)C(=O)NC\C=C/C=C/C=C/C=C/C(=O)N(OC(=O)CC)C1(C(=O)N(C)C(C(=O)OC)C(C)OC)COCO1. The number of amides is 3. The maximum absolute atomic E-state index is 13.9. The number of ether oxygens (including phenoxy) is 5. The van der Waals surface area contributed by atoms with Crippen molar-refractivity contribution in [3.63, 3.8) is 0 Å². The smallest absolute Gasteiger partial charge is 0.332 e. The van der Waals surface area contributed by atoms with Crippen molar-refractivity contribution in [3.05, 3.63) is 103 Å². The van der Waals surface area contributed by atoms with E-state index in [0.29, 0.717) is 17.1 Å². The highest BCUT2D eigenvalue weighted by Gasteiger charge is 2.57. The van der Waals surface area contributed by atoms with Crippen LogP contribution in [-0.2, 0) is 63.7 Å². The predicted molar refractivity (Wildman–Crippen MR) is 219 cm³/mol. The third-order valence-corrected chi connectivity index (χ3v) is 9.04. The summed E-state index contributed by atoms with van der Waals surface area (Å²) < 4.78 is 32.0. The number of hydrogen-bond donors (Lipinski definition) is 1. The van der Waals surface area contributed by atoms with Gasteiger partial charge in [-0.3, -0.25) is 19.2 Å². The van der Waals surface area contributed by atoms with Gasteiger partial charge in [0.2, 0.25) is 5.91 Å². The lowest BCUT2D eigenvalue weighted by Crippen LogP contribution is -2.65. The van der Waals surface area contributed by atoms with Crippen molar-refractivity contribution in [2.24, 2.45) is 5.41 Å². The Morgan fingerprint density at radius 3 is 2.20 bits per heavy atom. The summed E-state index contributed by atoms with van der Waals surface area (Å²) in [5, 5.41) is 3.36. The van der Waals surface area contributed by atoms with Gasteiger partial charge in [-0.05, 0) is 33.3 Å². The number of oxazole rings is 1. The summed E-state index contributed by atoms with van der Waals surface area (Å²) in [5.41, 5.74) is -2.67. The molecule has 1 fully saturated rings. The number of likely N-dealkylation sites (N-methyl/N-ethyl adjacent to an activating group) is 1. The molecule has 1 aliphatic heterocycles. The molecule has 1 N–H and O–H groups in total. The van der Waals surface area contributed by atoms with Crippen molar-refractivity contribution in [2.75, 3.05) is 41.2 Å². The van der Waals surface area contributed by atoms with Crippen LogP contribution in [0, 0.1) is 5.41 Å². The molecule has 328 valence electrons. The van der Waals surface area contributed by atoms with Crippen molar-refractivity contribution in [1.29, 1.82) is 0 Å². The molecule has 1 aromatic heterocycles. The minimum Gasteiger partial charge on any atom is -0.467 e. The topological polar surface area (TPSA) is 202 Å². The van der Waals surface area contributed by atoms with Crippen molar-refractivity contribution < 1.29 is 61.7 Å². The Bertz CT molecular complexity index is 1800. The van der Waals surface area contributed by atoms with Crippen LogP contribution < -0.4 is 5.32 Å². The quantitative estimate of drug-likeness (QED) is 0.0745. The van der Waals surface area contributed by atoms with Crippen LogP contribution in [0.5, 0.6) is 0 Å². The monoisotopic (exact) mass is 838 g/mol. The standard InChI is InChI=1S/C43H58N4O13/c1-10-35(49)59-38(31(3)23-19-16-17-20-24-33-27-44-29-57-33)42(5,6)40(52)45-26-22-18-14-12-13-15-21-25-34(48)47(60-36(50)11-2)43(28-56-30-58-43)41(53)46(7)37(32(4)54-8)39(51)55-9/h12-23,25,27,29,32,37-38H,10-11,24,26,28,30H2,1-9H3,(H,45,52)/b14-12+,15-13+,19-16-,20-17+,22-18-,25-21+,31-23-. The fourth-order valence-corrected chi connectivity index (χ4v) is 5.56. The van der Waals surface area contributed by atoms with Gasteiger partial charge in [0.05, 0.1) is 24.8 Å². The lowest BCUT2D eigenvalue weighted by atomic mass is 9.81. The minimum atomic E-state index is -2.26. The van der Waals surface area contributed by atoms with Crippen molar-refractivity contribution >= 4 is 35.6 Å². The Balaban J connectivity index is 2.08. The van der Waals surface area contributed by atoms with Crippen LogP contribution in [0.1, 0.15) is 60.1 Å². The molecule has 1 saturated heterocycles. The van der Waals surface area contributed by atoms with E-state index in [1.807, 2.05) is 18.2 Å². The van der Waals surface area contributed by atoms with Crippen LogP contribution in [0.3, 0.4) is 0 Å². The highest BCUT2D eigenvalue weighted by molar-refractivity contribution is 5.96. The van der Waals surface area contributed by atoms with Gasteiger partial charge in [0, 0.05) is 46.0 Å². The maximum atomic E-state index is 13.9. The molecule has 60 heavy (non-hydrogen) atoms. The van der Waals surface area contributed by atoms with E-state index in [0.717, 1.165) is 23.8 Å². The third kappa shape index (κ3) is 14.7. The van der Waals surface area contributed by atoms with Gasteiger partial charge in [-0.25, -0.2) is 14.6 Å². The molecule has 17 nitrogen and oxygen atoms in total. The molecule has 0 radical (unpaired) electrons. The van der Waals surface area contributed by atoms with Crippen LogP contribution in [0.2, 0.25) is 0 Å². The average Bonchev–Trinajstić information content (AvgIpc) is 3.96. The Kier molecular flexibility index (Phi) is 21.4. The van der Waals surface area contributed by atoms with Gasteiger partial charge in [-0.1, -0.05) is 86.8 Å². The second-order valence-corrected chi connectivity index (χ2v) is 13.8. The summed E-state index contributed by atoms with van der Waals surface area (Å²) in [5.74, 6) is -3.47. The van der Waals surface area contributed by atoms with Crippen molar-refractivity contribution in [3.8, 4) is 0 Å². The number of nitrogens with zero attached hydrogens (tertiary/aromatic N) is 3. The molecule has 0 bridgehead atoms. The molecular weight excluding hydrogens is 780 g/mol. The summed E-state index contributed by atoms with van der Waals surface area (Å²) in [7, 11) is 3.81. The van der Waals surface area contributed by atoms with E-state index < -0.39 is 72.5 Å². The van der Waals surface area contributed by atoms with Crippen LogP contribution in [0.4, 0.5) is 0 Å². The van der Waals surface area contributed by atoms with E-state index in [9.17, 15) is 28.8 Å². The van der Waals surface area contributed by atoms with E-state index in [1.54, 1.807) is 83.3 Å². The summed E-state index contributed by atoms with van der Waals surface area (Å²) in [4.78, 5) is 88.3. The van der Waals surface area contributed by atoms with E-state index >= 15 is 0 Å². The Labute approximate surface area is 351 Å². The Morgan fingerprint density at radius 2 is 1.60 bits per heavy atom. The van der Waals surface area contributed by atoms with Gasteiger partial charge < -0.3 is 43.2 Å². The average molecular weight is 839 g/mol. The zero-order chi connectivity index (χ0) is 44.7. The van der Waals surface area contributed by atoms with Gasteiger partial charge in [0.25, 0.3) is 17.5 Å². The van der Waals surface area contributed by atoms with Gasteiger partial charge in [-0.2, -0.15) is 0 Å². The van der Waals surface area contributed by atoms with Crippen molar-refractivity contribution in [1.82, 2.24) is 20.3 Å². The first-order valence-electron chi connectivity index (χ1n) is 19.3. The molecule has 0 aromatic carbocycles. The highest BCUT2D eigenvalue weighted by Crippen LogP contribution is 2.31.